The van der Waals surface area contributed by atoms with E-state index < -0.39 is 0 Å². The molecule has 0 aliphatic carbocycles. The van der Waals surface area contributed by atoms with Crippen molar-refractivity contribution in [2.45, 2.75) is 39.2 Å². The summed E-state index contributed by atoms with van der Waals surface area (Å²) in [7, 11) is 0. The van der Waals surface area contributed by atoms with Gasteiger partial charge in [-0.25, -0.2) is 0 Å². The summed E-state index contributed by atoms with van der Waals surface area (Å²) >= 11 is 0. The SMILES string of the molecule is CCCC(C)(N)CN1CCN(CC)CC1. The van der Waals surface area contributed by atoms with Gasteiger partial charge in [-0.2, -0.15) is 0 Å². The van der Waals surface area contributed by atoms with E-state index >= 15 is 0 Å². The summed E-state index contributed by atoms with van der Waals surface area (Å²) in [5.74, 6) is 0. The normalized spacial score (nSPS) is 24.0. The Morgan fingerprint density at radius 2 is 1.60 bits per heavy atom. The molecule has 0 bridgehead atoms. The van der Waals surface area contributed by atoms with Gasteiger partial charge in [-0.15, -0.1) is 0 Å². The molecule has 90 valence electrons. The molecular formula is C12H27N3. The highest BCUT2D eigenvalue weighted by molar-refractivity contribution is 4.84. The smallest absolute Gasteiger partial charge is 0.0254 e. The highest BCUT2D eigenvalue weighted by Crippen LogP contribution is 2.12. The van der Waals surface area contributed by atoms with E-state index in [1.54, 1.807) is 0 Å². The maximum atomic E-state index is 6.27. The molecule has 0 aromatic carbocycles. The topological polar surface area (TPSA) is 32.5 Å². The second-order valence-electron chi connectivity index (χ2n) is 5.11. The third-order valence-electron chi connectivity index (χ3n) is 3.32. The molecule has 1 saturated heterocycles. The lowest BCUT2D eigenvalue weighted by Crippen LogP contribution is -2.54. The van der Waals surface area contributed by atoms with Crippen molar-refractivity contribution in [3.63, 3.8) is 0 Å². The van der Waals surface area contributed by atoms with Crippen LogP contribution < -0.4 is 5.73 Å². The second-order valence-corrected chi connectivity index (χ2v) is 5.11. The lowest BCUT2D eigenvalue weighted by Gasteiger charge is -2.38. The van der Waals surface area contributed by atoms with E-state index in [2.05, 4.69) is 30.6 Å². The van der Waals surface area contributed by atoms with E-state index in [-0.39, 0.29) is 5.54 Å². The molecule has 15 heavy (non-hydrogen) atoms. The largest absolute Gasteiger partial charge is 0.324 e. The minimum atomic E-state index is 0.00311. The summed E-state index contributed by atoms with van der Waals surface area (Å²) in [5, 5.41) is 0. The molecule has 1 fully saturated rings. The zero-order chi connectivity index (χ0) is 11.3. The fraction of sp³-hybridized carbons (Fsp3) is 1.00. The van der Waals surface area contributed by atoms with Crippen LogP contribution in [0.1, 0.15) is 33.6 Å². The van der Waals surface area contributed by atoms with Crippen molar-refractivity contribution in [2.75, 3.05) is 39.3 Å². The fourth-order valence-electron chi connectivity index (χ4n) is 2.42. The van der Waals surface area contributed by atoms with Crippen molar-refractivity contribution in [1.82, 2.24) is 9.80 Å². The standard InChI is InChI=1S/C12H27N3/c1-4-6-12(3,13)11-15-9-7-14(5-2)8-10-15/h4-11,13H2,1-3H3. The van der Waals surface area contributed by atoms with Gasteiger partial charge in [0.05, 0.1) is 0 Å². The molecule has 0 radical (unpaired) electrons. The number of piperazine rings is 1. The van der Waals surface area contributed by atoms with Crippen LogP contribution in [0.2, 0.25) is 0 Å². The molecule has 1 rings (SSSR count). The first-order chi connectivity index (χ1) is 7.07. The van der Waals surface area contributed by atoms with E-state index in [4.69, 9.17) is 5.73 Å². The molecule has 1 aliphatic rings. The van der Waals surface area contributed by atoms with Gasteiger partial charge in [0.15, 0.2) is 0 Å². The minimum Gasteiger partial charge on any atom is -0.324 e. The van der Waals surface area contributed by atoms with Crippen molar-refractivity contribution in [3.05, 3.63) is 0 Å². The first-order valence-electron chi connectivity index (χ1n) is 6.31. The van der Waals surface area contributed by atoms with Crippen LogP contribution in [0.5, 0.6) is 0 Å². The molecule has 3 heteroatoms. The monoisotopic (exact) mass is 213 g/mol. The number of nitrogens with two attached hydrogens (primary N) is 1. The first-order valence-corrected chi connectivity index (χ1v) is 6.31. The Morgan fingerprint density at radius 1 is 1.07 bits per heavy atom. The van der Waals surface area contributed by atoms with Crippen molar-refractivity contribution in [3.8, 4) is 0 Å². The van der Waals surface area contributed by atoms with Gasteiger partial charge in [-0.1, -0.05) is 20.3 Å². The molecular weight excluding hydrogens is 186 g/mol. The maximum Gasteiger partial charge on any atom is 0.0254 e. The summed E-state index contributed by atoms with van der Waals surface area (Å²) in [5.41, 5.74) is 6.27. The number of rotatable bonds is 5. The quantitative estimate of drug-likeness (QED) is 0.743. The molecule has 0 aromatic heterocycles. The van der Waals surface area contributed by atoms with Gasteiger partial charge in [0.2, 0.25) is 0 Å². The van der Waals surface area contributed by atoms with Crippen LogP contribution in [-0.2, 0) is 0 Å². The van der Waals surface area contributed by atoms with Gasteiger partial charge in [-0.05, 0) is 19.9 Å². The van der Waals surface area contributed by atoms with Gasteiger partial charge in [0, 0.05) is 38.3 Å². The predicted octanol–water partition coefficient (Wildman–Crippen LogP) is 1.14. The zero-order valence-corrected chi connectivity index (χ0v) is 10.6. The van der Waals surface area contributed by atoms with Crippen LogP contribution in [-0.4, -0.2) is 54.6 Å². The van der Waals surface area contributed by atoms with Gasteiger partial charge < -0.3 is 10.6 Å². The Hall–Kier alpha value is -0.120. The first kappa shape index (κ1) is 12.9. The van der Waals surface area contributed by atoms with Crippen LogP contribution in [0, 0.1) is 0 Å². The molecule has 1 unspecified atom stereocenters. The molecule has 2 N–H and O–H groups in total. The van der Waals surface area contributed by atoms with E-state index in [1.165, 1.54) is 39.1 Å². The molecule has 1 heterocycles. The van der Waals surface area contributed by atoms with Crippen molar-refractivity contribution in [2.24, 2.45) is 5.73 Å². The van der Waals surface area contributed by atoms with Crippen LogP contribution in [0.15, 0.2) is 0 Å². The minimum absolute atomic E-state index is 0.00311. The van der Waals surface area contributed by atoms with E-state index in [1.807, 2.05) is 0 Å². The second kappa shape index (κ2) is 5.83. The number of hydrogen-bond donors (Lipinski definition) is 1. The van der Waals surface area contributed by atoms with Gasteiger partial charge >= 0.3 is 0 Å². The number of nitrogens with zero attached hydrogens (tertiary/aromatic N) is 2. The zero-order valence-electron chi connectivity index (χ0n) is 10.6. The van der Waals surface area contributed by atoms with Crippen LogP contribution in [0.3, 0.4) is 0 Å². The third-order valence-corrected chi connectivity index (χ3v) is 3.32. The third kappa shape index (κ3) is 4.49. The summed E-state index contributed by atoms with van der Waals surface area (Å²) in [6, 6.07) is 0. The summed E-state index contributed by atoms with van der Waals surface area (Å²) in [6.07, 6.45) is 2.31. The maximum absolute atomic E-state index is 6.27. The van der Waals surface area contributed by atoms with Crippen LogP contribution >= 0.6 is 0 Å². The van der Waals surface area contributed by atoms with E-state index in [0.717, 1.165) is 13.0 Å². The Balaban J connectivity index is 2.28. The Bertz CT molecular complexity index is 172. The molecule has 0 amide bonds. The summed E-state index contributed by atoms with van der Waals surface area (Å²) in [6.45, 7) is 13.6. The fourth-order valence-corrected chi connectivity index (χ4v) is 2.42. The Morgan fingerprint density at radius 3 is 2.07 bits per heavy atom. The molecule has 3 nitrogen and oxygen atoms in total. The predicted molar refractivity (Wildman–Crippen MR) is 66.1 cm³/mol. The van der Waals surface area contributed by atoms with Gasteiger partial charge in [0.25, 0.3) is 0 Å². The lowest BCUT2D eigenvalue weighted by molar-refractivity contribution is 0.115. The van der Waals surface area contributed by atoms with E-state index in [0.29, 0.717) is 0 Å². The summed E-state index contributed by atoms with van der Waals surface area (Å²) < 4.78 is 0. The highest BCUT2D eigenvalue weighted by atomic mass is 15.3. The average Bonchev–Trinajstić information content (AvgIpc) is 2.18. The van der Waals surface area contributed by atoms with Crippen LogP contribution in [0.4, 0.5) is 0 Å². The highest BCUT2D eigenvalue weighted by Gasteiger charge is 2.23. The van der Waals surface area contributed by atoms with E-state index in [9.17, 15) is 0 Å². The summed E-state index contributed by atoms with van der Waals surface area (Å²) in [4.78, 5) is 5.02. The van der Waals surface area contributed by atoms with Crippen molar-refractivity contribution < 1.29 is 0 Å². The van der Waals surface area contributed by atoms with Crippen molar-refractivity contribution >= 4 is 0 Å². The van der Waals surface area contributed by atoms with Gasteiger partial charge in [0.1, 0.15) is 0 Å². The molecule has 1 atom stereocenters. The molecule has 0 spiro atoms. The average molecular weight is 213 g/mol. The van der Waals surface area contributed by atoms with Crippen molar-refractivity contribution in [1.29, 1.82) is 0 Å². The Labute approximate surface area is 94.6 Å². The number of likely N-dealkylation sites (N-methyl/N-ethyl adjacent to an activating group) is 1. The lowest BCUT2D eigenvalue weighted by atomic mass is 9.96. The van der Waals surface area contributed by atoms with Crippen LogP contribution in [0.25, 0.3) is 0 Å². The number of hydrogen-bond acceptors (Lipinski definition) is 3. The van der Waals surface area contributed by atoms with Gasteiger partial charge in [-0.3, -0.25) is 4.90 Å². The molecule has 0 saturated carbocycles. The molecule has 1 aliphatic heterocycles. The Kier molecular flexibility index (Phi) is 5.03. The molecule has 0 aromatic rings.